The monoisotopic (exact) mass is 559 g/mol. The maximum absolute atomic E-state index is 15.0. The number of aryl methyl sites for hydroxylation is 1. The number of benzene rings is 1. The van der Waals surface area contributed by atoms with Crippen LogP contribution in [0.3, 0.4) is 0 Å². The van der Waals surface area contributed by atoms with Crippen molar-refractivity contribution in [2.45, 2.75) is 63.5 Å². The summed E-state index contributed by atoms with van der Waals surface area (Å²) in [7, 11) is 0. The van der Waals surface area contributed by atoms with Crippen LogP contribution in [0, 0.1) is 18.6 Å². The molecule has 1 saturated carbocycles. The summed E-state index contributed by atoms with van der Waals surface area (Å²) in [5.74, 6) is -1.63. The van der Waals surface area contributed by atoms with E-state index in [1.165, 1.54) is 6.07 Å². The van der Waals surface area contributed by atoms with E-state index in [0.29, 0.717) is 42.4 Å². The lowest BCUT2D eigenvalue weighted by Crippen LogP contribution is -2.20. The number of fused-ring (bicyclic) bond motifs is 1. The van der Waals surface area contributed by atoms with Gasteiger partial charge in [0.25, 0.3) is 0 Å². The second kappa shape index (κ2) is 10.5. The van der Waals surface area contributed by atoms with Gasteiger partial charge < -0.3 is 9.47 Å². The molecule has 7 nitrogen and oxygen atoms in total. The molecule has 1 aromatic carbocycles. The van der Waals surface area contributed by atoms with Crippen LogP contribution in [0.5, 0.6) is 0 Å². The minimum atomic E-state index is -4.49. The Morgan fingerprint density at radius 2 is 1.90 bits per heavy atom. The molecule has 0 N–H and O–H groups in total. The molecule has 2 aliphatic rings. The maximum atomic E-state index is 15.0. The van der Waals surface area contributed by atoms with Crippen molar-refractivity contribution in [3.63, 3.8) is 0 Å². The van der Waals surface area contributed by atoms with E-state index >= 15 is 4.39 Å². The first kappa shape index (κ1) is 26.7. The SMILES string of the molecule is Cc1nc2cc([C@H]3CCO[C@@H](c4cnn(C5CC5)c4)C3)nc(-c3ccc(F)cc3F)c2nc1COCC(F)(F)F. The number of pyridine rings is 1. The molecule has 210 valence electrons. The fraction of sp³-hybridized carbons (Fsp3) is 0.429. The van der Waals surface area contributed by atoms with Gasteiger partial charge in [0.05, 0.1) is 41.9 Å². The Hall–Kier alpha value is -3.51. The van der Waals surface area contributed by atoms with Crippen LogP contribution < -0.4 is 0 Å². The summed E-state index contributed by atoms with van der Waals surface area (Å²) in [6.45, 7) is 0.244. The average molecular weight is 560 g/mol. The summed E-state index contributed by atoms with van der Waals surface area (Å²) in [5, 5.41) is 4.47. The molecule has 1 saturated heterocycles. The summed E-state index contributed by atoms with van der Waals surface area (Å²) in [6, 6.07) is 5.38. The van der Waals surface area contributed by atoms with E-state index in [-0.39, 0.29) is 34.5 Å². The summed E-state index contributed by atoms with van der Waals surface area (Å²) < 4.78 is 79.4. The van der Waals surface area contributed by atoms with Gasteiger partial charge in [-0.05, 0) is 50.8 Å². The minimum absolute atomic E-state index is 0.0166. The molecule has 3 aromatic heterocycles. The Labute approximate surface area is 226 Å². The molecule has 2 atom stereocenters. The number of ether oxygens (including phenoxy) is 2. The molecule has 0 bridgehead atoms. The molecule has 2 fully saturated rings. The standard InChI is InChI=1S/C28H26F5N5O2/c1-15-24(13-39-14-28(31,32)33)37-27-23(35-15)10-22(36-26(27)20-5-2-18(29)9-21(20)30)16-6-7-40-25(8-16)17-11-34-38(12-17)19-3-4-19/h2,5,9-12,16,19,25H,3-4,6-8,13-14H2,1H3/t16-,25+/m0/s1. The van der Waals surface area contributed by atoms with Crippen molar-refractivity contribution in [1.82, 2.24) is 24.7 Å². The highest BCUT2D eigenvalue weighted by Gasteiger charge is 2.31. The third-order valence-corrected chi connectivity index (χ3v) is 7.25. The Morgan fingerprint density at radius 1 is 1.07 bits per heavy atom. The lowest BCUT2D eigenvalue weighted by molar-refractivity contribution is -0.176. The summed E-state index contributed by atoms with van der Waals surface area (Å²) in [6.07, 6.45) is 2.71. The summed E-state index contributed by atoms with van der Waals surface area (Å²) in [5.41, 5.74) is 2.96. The number of halogens is 5. The predicted molar refractivity (Wildman–Crippen MR) is 134 cm³/mol. The highest BCUT2D eigenvalue weighted by Crippen LogP contribution is 2.40. The van der Waals surface area contributed by atoms with Gasteiger partial charge in [0.15, 0.2) is 0 Å². The van der Waals surface area contributed by atoms with Gasteiger partial charge in [0.2, 0.25) is 0 Å². The first-order valence-corrected chi connectivity index (χ1v) is 13.1. The molecular weight excluding hydrogens is 533 g/mol. The zero-order valence-corrected chi connectivity index (χ0v) is 21.6. The van der Waals surface area contributed by atoms with Crippen LogP contribution in [0.1, 0.15) is 66.4 Å². The van der Waals surface area contributed by atoms with Crippen molar-refractivity contribution in [2.75, 3.05) is 13.2 Å². The van der Waals surface area contributed by atoms with Gasteiger partial charge >= 0.3 is 6.18 Å². The molecule has 0 radical (unpaired) electrons. The van der Waals surface area contributed by atoms with E-state index in [1.54, 1.807) is 13.0 Å². The van der Waals surface area contributed by atoms with Crippen molar-refractivity contribution in [2.24, 2.45) is 0 Å². The molecule has 1 aliphatic heterocycles. The Morgan fingerprint density at radius 3 is 2.65 bits per heavy atom. The molecule has 0 amide bonds. The lowest BCUT2D eigenvalue weighted by atomic mass is 9.89. The van der Waals surface area contributed by atoms with Gasteiger partial charge in [-0.1, -0.05) is 0 Å². The van der Waals surface area contributed by atoms with E-state index in [4.69, 9.17) is 14.5 Å². The van der Waals surface area contributed by atoms with Gasteiger partial charge in [-0.3, -0.25) is 4.68 Å². The summed E-state index contributed by atoms with van der Waals surface area (Å²) in [4.78, 5) is 13.9. The summed E-state index contributed by atoms with van der Waals surface area (Å²) >= 11 is 0. The number of hydrogen-bond donors (Lipinski definition) is 0. The quantitative estimate of drug-likeness (QED) is 0.240. The van der Waals surface area contributed by atoms with Crippen molar-refractivity contribution < 1.29 is 31.4 Å². The molecule has 0 unspecified atom stereocenters. The average Bonchev–Trinajstić information content (AvgIpc) is 3.64. The van der Waals surface area contributed by atoms with Gasteiger partial charge in [-0.25, -0.2) is 23.7 Å². The Bertz CT molecular complexity index is 1550. The number of rotatable bonds is 7. The first-order valence-electron chi connectivity index (χ1n) is 13.1. The van der Waals surface area contributed by atoms with Gasteiger partial charge in [0.1, 0.15) is 29.5 Å². The van der Waals surface area contributed by atoms with Gasteiger partial charge in [0, 0.05) is 41.6 Å². The zero-order valence-electron chi connectivity index (χ0n) is 21.6. The predicted octanol–water partition coefficient (Wildman–Crippen LogP) is 6.52. The van der Waals surface area contributed by atoms with Crippen molar-refractivity contribution in [1.29, 1.82) is 0 Å². The van der Waals surface area contributed by atoms with E-state index in [2.05, 4.69) is 15.1 Å². The van der Waals surface area contributed by atoms with Crippen LogP contribution in [0.4, 0.5) is 22.0 Å². The molecule has 1 aliphatic carbocycles. The second-order valence-electron chi connectivity index (χ2n) is 10.3. The number of hydrogen-bond acceptors (Lipinski definition) is 6. The van der Waals surface area contributed by atoms with Crippen LogP contribution in [0.25, 0.3) is 22.3 Å². The smallest absolute Gasteiger partial charge is 0.373 e. The maximum Gasteiger partial charge on any atom is 0.411 e. The van der Waals surface area contributed by atoms with Crippen molar-refractivity contribution in [3.05, 3.63) is 70.9 Å². The zero-order chi connectivity index (χ0) is 28.0. The third-order valence-electron chi connectivity index (χ3n) is 7.25. The van der Waals surface area contributed by atoms with Crippen molar-refractivity contribution >= 4 is 11.0 Å². The highest BCUT2D eigenvalue weighted by molar-refractivity contribution is 5.89. The van der Waals surface area contributed by atoms with E-state index in [0.717, 1.165) is 30.5 Å². The molecule has 4 heterocycles. The molecule has 6 rings (SSSR count). The fourth-order valence-corrected chi connectivity index (χ4v) is 5.03. The first-order chi connectivity index (χ1) is 19.1. The van der Waals surface area contributed by atoms with Crippen LogP contribution in [0.2, 0.25) is 0 Å². The van der Waals surface area contributed by atoms with Crippen molar-refractivity contribution in [3.8, 4) is 11.3 Å². The topological polar surface area (TPSA) is 75.0 Å². The van der Waals surface area contributed by atoms with Gasteiger partial charge in [-0.2, -0.15) is 18.3 Å². The number of alkyl halides is 3. The lowest BCUT2D eigenvalue weighted by Gasteiger charge is -2.29. The highest BCUT2D eigenvalue weighted by atomic mass is 19.4. The normalized spacial score (nSPS) is 19.9. The van der Waals surface area contributed by atoms with Crippen LogP contribution in [-0.2, 0) is 16.1 Å². The Kier molecular flexibility index (Phi) is 6.99. The van der Waals surface area contributed by atoms with Crippen LogP contribution in [0.15, 0.2) is 36.7 Å². The molecule has 4 aromatic rings. The minimum Gasteiger partial charge on any atom is -0.373 e. The molecule has 12 heteroatoms. The Balaban J connectivity index is 1.37. The van der Waals surface area contributed by atoms with E-state index in [9.17, 15) is 17.6 Å². The van der Waals surface area contributed by atoms with Gasteiger partial charge in [-0.15, -0.1) is 0 Å². The second-order valence-corrected chi connectivity index (χ2v) is 10.3. The molecular formula is C28H26F5N5O2. The van der Waals surface area contributed by atoms with E-state index < -0.39 is 31.0 Å². The largest absolute Gasteiger partial charge is 0.411 e. The number of nitrogens with zero attached hydrogens (tertiary/aromatic N) is 5. The molecule has 40 heavy (non-hydrogen) atoms. The van der Waals surface area contributed by atoms with Crippen LogP contribution >= 0.6 is 0 Å². The third kappa shape index (κ3) is 5.68. The fourth-order valence-electron chi connectivity index (χ4n) is 5.03. The molecule has 0 spiro atoms. The van der Waals surface area contributed by atoms with Crippen LogP contribution in [-0.4, -0.2) is 44.1 Å². The van der Waals surface area contributed by atoms with E-state index in [1.807, 2.05) is 17.1 Å². The number of aromatic nitrogens is 5.